The molecule has 0 atom stereocenters. The monoisotopic (exact) mass is 264 g/mol. The number of allylic oxidation sites excluding steroid dienone is 4. The molecule has 0 heterocycles. The van der Waals surface area contributed by atoms with E-state index in [1.807, 2.05) is 0 Å². The minimum atomic E-state index is -0.125. The molecule has 0 saturated heterocycles. The summed E-state index contributed by atoms with van der Waals surface area (Å²) in [6.45, 7) is 5.70. The largest absolute Gasteiger partial charge is 0.512 e. The van der Waals surface area contributed by atoms with Crippen LogP contribution in [-0.2, 0) is 29.1 Å². The fourth-order valence-corrected chi connectivity index (χ4v) is 0.588. The second-order valence-electron chi connectivity index (χ2n) is 2.79. The molecular weight excluding hydrogens is 249 g/mol. The fraction of sp³-hybridized carbons (Fsp3) is 0.400. The van der Waals surface area contributed by atoms with Crippen molar-refractivity contribution in [1.82, 2.24) is 0 Å². The number of aliphatic hydroxyl groups is 2. The number of hydrogen-bond donors (Lipinski definition) is 2. The van der Waals surface area contributed by atoms with Crippen LogP contribution in [0.4, 0.5) is 0 Å². The first kappa shape index (κ1) is 19.6. The first-order valence-corrected chi connectivity index (χ1v) is 4.01. The minimum absolute atomic E-state index is 0. The normalized spacial score (nSPS) is 10.7. The van der Waals surface area contributed by atoms with Crippen molar-refractivity contribution >= 4 is 11.6 Å². The van der Waals surface area contributed by atoms with Gasteiger partial charge in [0.15, 0.2) is 11.6 Å². The molecule has 0 unspecified atom stereocenters. The number of rotatable bonds is 2. The van der Waals surface area contributed by atoms with Crippen LogP contribution < -0.4 is 0 Å². The maximum atomic E-state index is 10.0. The molecule has 0 aromatic rings. The van der Waals surface area contributed by atoms with Gasteiger partial charge in [0.05, 0.1) is 11.5 Å². The first-order chi connectivity index (χ1) is 6.25. The third-order valence-corrected chi connectivity index (χ3v) is 0.824. The predicted molar refractivity (Wildman–Crippen MR) is 54.1 cm³/mol. The van der Waals surface area contributed by atoms with Gasteiger partial charge in [-0.2, -0.15) is 0 Å². The Hall–Kier alpha value is -0.957. The van der Waals surface area contributed by atoms with Gasteiger partial charge in [0.2, 0.25) is 0 Å². The van der Waals surface area contributed by atoms with E-state index in [1.54, 1.807) is 0 Å². The Balaban J connectivity index is -0.000000180. The van der Waals surface area contributed by atoms with Gasteiger partial charge in [-0.1, -0.05) is 0 Å². The van der Waals surface area contributed by atoms with Crippen molar-refractivity contribution in [2.45, 2.75) is 27.7 Å². The molecule has 0 aliphatic rings. The quantitative estimate of drug-likeness (QED) is 0.455. The second-order valence-corrected chi connectivity index (χ2v) is 2.79. The van der Waals surface area contributed by atoms with E-state index in [-0.39, 0.29) is 42.6 Å². The Morgan fingerprint density at radius 1 is 0.800 bits per heavy atom. The zero-order chi connectivity index (χ0) is 11.7. The summed E-state index contributed by atoms with van der Waals surface area (Å²) in [6, 6.07) is 0. The molecule has 0 aliphatic carbocycles. The predicted octanol–water partition coefficient (Wildman–Crippen LogP) is 2.07. The fourth-order valence-electron chi connectivity index (χ4n) is 0.588. The summed E-state index contributed by atoms with van der Waals surface area (Å²) < 4.78 is 0. The average Bonchev–Trinajstić information content (AvgIpc) is 1.79. The third-order valence-electron chi connectivity index (χ3n) is 0.824. The van der Waals surface area contributed by atoms with E-state index in [9.17, 15) is 9.59 Å². The summed E-state index contributed by atoms with van der Waals surface area (Å²) in [5.74, 6) is -0.125. The van der Waals surface area contributed by atoms with Crippen molar-refractivity contribution in [2.75, 3.05) is 0 Å². The number of ketones is 2. The molecule has 15 heavy (non-hydrogen) atoms. The minimum Gasteiger partial charge on any atom is -0.512 e. The summed E-state index contributed by atoms with van der Waals surface area (Å²) in [4.78, 5) is 20.0. The maximum Gasteiger partial charge on any atom is 0.155 e. The smallest absolute Gasteiger partial charge is 0.155 e. The van der Waals surface area contributed by atoms with Gasteiger partial charge in [-0.05, 0) is 27.7 Å². The first-order valence-electron chi connectivity index (χ1n) is 4.01. The standard InChI is InChI=1S/2C5H8O2.Zn/c2*1-4(6)3-5(2)7;/h2*3,6H,1-2H3;/b2*4-3-;. The maximum absolute atomic E-state index is 10.0. The van der Waals surface area contributed by atoms with Crippen LogP contribution >= 0.6 is 0 Å². The summed E-state index contributed by atoms with van der Waals surface area (Å²) in [7, 11) is 0. The SMILES string of the molecule is CC(=O)/C=C(/C)O.CC(=O)/C=C(/C)O.[Zn]. The van der Waals surface area contributed by atoms with E-state index in [2.05, 4.69) is 0 Å². The van der Waals surface area contributed by atoms with Crippen LogP contribution in [0.3, 0.4) is 0 Å². The average molecular weight is 266 g/mol. The van der Waals surface area contributed by atoms with Crippen molar-refractivity contribution in [2.24, 2.45) is 0 Å². The molecule has 0 fully saturated rings. The van der Waals surface area contributed by atoms with Crippen molar-refractivity contribution in [3.8, 4) is 0 Å². The van der Waals surface area contributed by atoms with Gasteiger partial charge < -0.3 is 10.2 Å². The van der Waals surface area contributed by atoms with Gasteiger partial charge in [0.25, 0.3) is 0 Å². The summed E-state index contributed by atoms with van der Waals surface area (Å²) in [5.41, 5.74) is 0. The Morgan fingerprint density at radius 3 is 1.00 bits per heavy atom. The van der Waals surface area contributed by atoms with Crippen molar-refractivity contribution in [3.05, 3.63) is 23.7 Å². The number of carbonyl (C=O) groups excluding carboxylic acids is 2. The topological polar surface area (TPSA) is 74.6 Å². The molecule has 0 amide bonds. The number of aliphatic hydroxyl groups excluding tert-OH is 2. The zero-order valence-electron chi connectivity index (χ0n) is 9.57. The van der Waals surface area contributed by atoms with Crippen molar-refractivity contribution in [3.63, 3.8) is 0 Å². The van der Waals surface area contributed by atoms with E-state index in [1.165, 1.54) is 39.8 Å². The van der Waals surface area contributed by atoms with Crippen molar-refractivity contribution < 1.29 is 39.3 Å². The Morgan fingerprint density at radius 2 is 1.00 bits per heavy atom. The molecule has 0 bridgehead atoms. The summed E-state index contributed by atoms with van der Waals surface area (Å²) in [5, 5.41) is 16.7. The van der Waals surface area contributed by atoms with Crippen LogP contribution in [-0.4, -0.2) is 21.8 Å². The Kier molecular flexibility index (Phi) is 14.5. The number of hydrogen-bond acceptors (Lipinski definition) is 4. The molecule has 4 nitrogen and oxygen atoms in total. The van der Waals surface area contributed by atoms with Gasteiger partial charge in [0, 0.05) is 31.6 Å². The summed E-state index contributed by atoms with van der Waals surface area (Å²) in [6.07, 6.45) is 2.33. The molecule has 0 aromatic carbocycles. The van der Waals surface area contributed by atoms with E-state index in [0.717, 1.165) is 0 Å². The van der Waals surface area contributed by atoms with Crippen LogP contribution in [0.15, 0.2) is 23.7 Å². The van der Waals surface area contributed by atoms with Gasteiger partial charge in [-0.3, -0.25) is 9.59 Å². The van der Waals surface area contributed by atoms with Gasteiger partial charge >= 0.3 is 0 Å². The Bertz CT molecular complexity index is 231. The van der Waals surface area contributed by atoms with Gasteiger partial charge in [-0.25, -0.2) is 0 Å². The Labute approximate surface area is 102 Å². The molecule has 5 heteroatoms. The molecule has 82 valence electrons. The van der Waals surface area contributed by atoms with E-state index < -0.39 is 0 Å². The van der Waals surface area contributed by atoms with E-state index in [4.69, 9.17) is 10.2 Å². The van der Waals surface area contributed by atoms with Crippen LogP contribution in [0.25, 0.3) is 0 Å². The second kappa shape index (κ2) is 11.1. The van der Waals surface area contributed by atoms with E-state index >= 15 is 0 Å². The van der Waals surface area contributed by atoms with Gasteiger partial charge in [-0.15, -0.1) is 0 Å². The van der Waals surface area contributed by atoms with Crippen LogP contribution in [0.5, 0.6) is 0 Å². The summed E-state index contributed by atoms with van der Waals surface area (Å²) >= 11 is 0. The molecule has 0 aromatic heterocycles. The van der Waals surface area contributed by atoms with Crippen LogP contribution in [0.2, 0.25) is 0 Å². The number of carbonyl (C=O) groups is 2. The van der Waals surface area contributed by atoms with Gasteiger partial charge in [0.1, 0.15) is 0 Å². The molecule has 0 aliphatic heterocycles. The van der Waals surface area contributed by atoms with Crippen LogP contribution in [0, 0.1) is 0 Å². The van der Waals surface area contributed by atoms with Crippen molar-refractivity contribution in [1.29, 1.82) is 0 Å². The van der Waals surface area contributed by atoms with E-state index in [0.29, 0.717) is 0 Å². The molecule has 0 radical (unpaired) electrons. The van der Waals surface area contributed by atoms with Crippen LogP contribution in [0.1, 0.15) is 27.7 Å². The molecule has 0 rings (SSSR count). The molecular formula is C10H16O4Zn. The molecule has 2 N–H and O–H groups in total. The third kappa shape index (κ3) is 32.1. The zero-order valence-corrected chi connectivity index (χ0v) is 12.5. The molecule has 0 saturated carbocycles. The molecule has 0 spiro atoms.